The molecule has 172 valence electrons. The van der Waals surface area contributed by atoms with Crippen molar-refractivity contribution < 1.29 is 15.3 Å². The second kappa shape index (κ2) is 8.19. The van der Waals surface area contributed by atoms with Crippen molar-refractivity contribution in [2.75, 3.05) is 0 Å². The quantitative estimate of drug-likeness (QED) is 0.529. The van der Waals surface area contributed by atoms with E-state index in [0.29, 0.717) is 24.2 Å². The number of aliphatic hydroxyl groups is 3. The molecular formula is C27H46O3. The molecule has 4 aliphatic carbocycles. The number of fused-ring (bicyclic) bond motifs is 5. The van der Waals surface area contributed by atoms with Crippen LogP contribution in [0.3, 0.4) is 0 Å². The zero-order valence-corrected chi connectivity index (χ0v) is 20.0. The monoisotopic (exact) mass is 418 g/mol. The van der Waals surface area contributed by atoms with Crippen LogP contribution in [0.4, 0.5) is 0 Å². The van der Waals surface area contributed by atoms with Crippen molar-refractivity contribution in [3.63, 3.8) is 0 Å². The summed E-state index contributed by atoms with van der Waals surface area (Å²) in [5, 5.41) is 32.7. The van der Waals surface area contributed by atoms with Crippen LogP contribution in [0.1, 0.15) is 92.4 Å². The van der Waals surface area contributed by atoms with E-state index in [-0.39, 0.29) is 28.8 Å². The van der Waals surface area contributed by atoms with Crippen molar-refractivity contribution in [3.8, 4) is 0 Å². The zero-order valence-electron chi connectivity index (χ0n) is 20.0. The largest absolute Gasteiger partial charge is 0.393 e. The van der Waals surface area contributed by atoms with E-state index in [0.717, 1.165) is 31.6 Å². The molecular weight excluding hydrogens is 372 g/mol. The Bertz CT molecular complexity index is 656. The average Bonchev–Trinajstić information content (AvgIpc) is 3.04. The second-order valence-corrected chi connectivity index (χ2v) is 12.4. The van der Waals surface area contributed by atoms with Gasteiger partial charge in [-0.15, -0.1) is 0 Å². The second-order valence-electron chi connectivity index (χ2n) is 12.4. The van der Waals surface area contributed by atoms with E-state index in [9.17, 15) is 15.3 Å². The average molecular weight is 419 g/mol. The predicted octanol–water partition coefficient (Wildman–Crippen LogP) is 5.33. The van der Waals surface area contributed by atoms with Gasteiger partial charge in [-0.05, 0) is 78.9 Å². The van der Waals surface area contributed by atoms with Gasteiger partial charge in [-0.2, -0.15) is 0 Å². The number of hydrogen-bond acceptors (Lipinski definition) is 3. The lowest BCUT2D eigenvalue weighted by Crippen LogP contribution is -2.62. The van der Waals surface area contributed by atoms with Crippen LogP contribution in [-0.4, -0.2) is 33.6 Å². The zero-order chi connectivity index (χ0) is 21.8. The highest BCUT2D eigenvalue weighted by Gasteiger charge is 2.63. The Morgan fingerprint density at radius 3 is 2.40 bits per heavy atom. The summed E-state index contributed by atoms with van der Waals surface area (Å²) < 4.78 is 0. The minimum absolute atomic E-state index is 0.0228. The van der Waals surface area contributed by atoms with Crippen LogP contribution < -0.4 is 0 Å². The van der Waals surface area contributed by atoms with E-state index in [2.05, 4.69) is 40.7 Å². The molecule has 3 saturated carbocycles. The van der Waals surface area contributed by atoms with E-state index in [1.165, 1.54) is 31.3 Å². The van der Waals surface area contributed by atoms with Gasteiger partial charge in [-0.25, -0.2) is 0 Å². The Balaban J connectivity index is 1.56. The lowest BCUT2D eigenvalue weighted by molar-refractivity contribution is -0.192. The van der Waals surface area contributed by atoms with Crippen molar-refractivity contribution in [3.05, 3.63) is 11.6 Å². The van der Waals surface area contributed by atoms with Gasteiger partial charge in [-0.3, -0.25) is 0 Å². The van der Waals surface area contributed by atoms with Crippen LogP contribution in [0.25, 0.3) is 0 Å². The van der Waals surface area contributed by atoms with Crippen molar-refractivity contribution in [1.82, 2.24) is 0 Å². The van der Waals surface area contributed by atoms with Crippen LogP contribution in [-0.2, 0) is 0 Å². The van der Waals surface area contributed by atoms with Crippen molar-refractivity contribution in [1.29, 1.82) is 0 Å². The molecule has 4 aliphatic rings. The third-order valence-corrected chi connectivity index (χ3v) is 10.3. The highest BCUT2D eigenvalue weighted by atomic mass is 16.3. The normalized spacial score (nSPS) is 49.2. The summed E-state index contributed by atoms with van der Waals surface area (Å²) in [6.07, 6.45) is 10.7. The Labute approximate surface area is 184 Å². The van der Waals surface area contributed by atoms with Gasteiger partial charge >= 0.3 is 0 Å². The molecule has 3 N–H and O–H groups in total. The van der Waals surface area contributed by atoms with E-state index < -0.39 is 12.2 Å². The van der Waals surface area contributed by atoms with E-state index in [1.807, 2.05) is 0 Å². The molecule has 0 aliphatic heterocycles. The molecule has 0 radical (unpaired) electrons. The topological polar surface area (TPSA) is 60.7 Å². The molecule has 30 heavy (non-hydrogen) atoms. The third-order valence-electron chi connectivity index (χ3n) is 10.3. The fourth-order valence-electron chi connectivity index (χ4n) is 8.51. The van der Waals surface area contributed by atoms with Gasteiger partial charge in [0.25, 0.3) is 0 Å². The van der Waals surface area contributed by atoms with Crippen LogP contribution in [0.15, 0.2) is 11.6 Å². The number of hydrogen-bond donors (Lipinski definition) is 3. The van der Waals surface area contributed by atoms with Crippen LogP contribution in [0.5, 0.6) is 0 Å². The molecule has 0 spiro atoms. The molecule has 0 aromatic rings. The van der Waals surface area contributed by atoms with Gasteiger partial charge in [0.05, 0.1) is 18.3 Å². The maximum atomic E-state index is 11.3. The molecule has 3 nitrogen and oxygen atoms in total. The van der Waals surface area contributed by atoms with Gasteiger partial charge < -0.3 is 15.3 Å². The minimum atomic E-state index is -0.711. The lowest BCUT2D eigenvalue weighted by atomic mass is 9.44. The van der Waals surface area contributed by atoms with Gasteiger partial charge in [0.2, 0.25) is 0 Å². The Morgan fingerprint density at radius 2 is 1.70 bits per heavy atom. The Hall–Kier alpha value is -0.380. The number of aliphatic hydroxyl groups excluding tert-OH is 3. The fourth-order valence-corrected chi connectivity index (χ4v) is 8.51. The molecule has 0 amide bonds. The predicted molar refractivity (Wildman–Crippen MR) is 122 cm³/mol. The summed E-state index contributed by atoms with van der Waals surface area (Å²) in [5.41, 5.74) is 1.68. The molecule has 3 fully saturated rings. The maximum absolute atomic E-state index is 11.3. The van der Waals surface area contributed by atoms with Crippen LogP contribution in [0, 0.1) is 46.3 Å². The first-order valence-corrected chi connectivity index (χ1v) is 12.8. The maximum Gasteiger partial charge on any atom is 0.0870 e. The standard InChI is InChI=1S/C27H46O3/c1-16(2)7-6-8-17(3)19-9-10-20-23-21(12-14-26(19,20)4)27(5)13-11-18(28)15-22(27)24(29)25(23)30/h10,16-19,21-25,28-30H,6-9,11-15H2,1-5H3/t17-,18-,19-,21+,22-,23+,24-,25-,26-,27-/m1/s1. The summed E-state index contributed by atoms with van der Waals surface area (Å²) in [5.74, 6) is 2.71. The minimum Gasteiger partial charge on any atom is -0.393 e. The van der Waals surface area contributed by atoms with Crippen molar-refractivity contribution >= 4 is 0 Å². The number of allylic oxidation sites excluding steroid dienone is 1. The first kappa shape index (κ1) is 22.8. The molecule has 3 heteroatoms. The summed E-state index contributed by atoms with van der Waals surface area (Å²) in [6, 6.07) is 0. The molecule has 0 heterocycles. The molecule has 0 unspecified atom stereocenters. The van der Waals surface area contributed by atoms with Crippen molar-refractivity contribution in [2.45, 2.75) is 111 Å². The molecule has 0 saturated heterocycles. The van der Waals surface area contributed by atoms with E-state index in [1.54, 1.807) is 0 Å². The SMILES string of the molecule is CC(C)CCC[C@@H](C)[C@H]1CC=C2[C@@H]3[C@@H](O)[C@H](O)[C@H]4C[C@H](O)CC[C@]4(C)[C@H]3CC[C@@]21C. The summed E-state index contributed by atoms with van der Waals surface area (Å²) >= 11 is 0. The Morgan fingerprint density at radius 1 is 0.967 bits per heavy atom. The highest BCUT2D eigenvalue weighted by Crippen LogP contribution is 2.66. The van der Waals surface area contributed by atoms with Crippen LogP contribution in [0.2, 0.25) is 0 Å². The van der Waals surface area contributed by atoms with Crippen LogP contribution >= 0.6 is 0 Å². The fraction of sp³-hybridized carbons (Fsp3) is 0.926. The van der Waals surface area contributed by atoms with Gasteiger partial charge in [0.1, 0.15) is 0 Å². The first-order valence-electron chi connectivity index (χ1n) is 12.8. The van der Waals surface area contributed by atoms with E-state index >= 15 is 0 Å². The summed E-state index contributed by atoms with van der Waals surface area (Å²) in [4.78, 5) is 0. The molecule has 4 rings (SSSR count). The molecule has 10 atom stereocenters. The van der Waals surface area contributed by atoms with Gasteiger partial charge in [0, 0.05) is 5.92 Å². The molecule has 0 aromatic heterocycles. The van der Waals surface area contributed by atoms with Gasteiger partial charge in [-0.1, -0.05) is 65.5 Å². The molecule has 0 bridgehead atoms. The highest BCUT2D eigenvalue weighted by molar-refractivity contribution is 5.32. The summed E-state index contributed by atoms with van der Waals surface area (Å²) in [7, 11) is 0. The smallest absolute Gasteiger partial charge is 0.0870 e. The van der Waals surface area contributed by atoms with Crippen molar-refractivity contribution in [2.24, 2.45) is 46.3 Å². The molecule has 0 aromatic carbocycles. The lowest BCUT2D eigenvalue weighted by Gasteiger charge is -2.62. The summed E-state index contributed by atoms with van der Waals surface area (Å²) in [6.45, 7) is 11.9. The Kier molecular flexibility index (Phi) is 6.23. The number of rotatable bonds is 5. The third kappa shape index (κ3) is 3.52. The first-order chi connectivity index (χ1) is 14.1. The van der Waals surface area contributed by atoms with E-state index in [4.69, 9.17) is 0 Å². The van der Waals surface area contributed by atoms with Gasteiger partial charge in [0.15, 0.2) is 0 Å².